The first-order valence-electron chi connectivity index (χ1n) is 10.0. The van der Waals surface area contributed by atoms with Gasteiger partial charge < -0.3 is 4.90 Å². The van der Waals surface area contributed by atoms with Crippen LogP contribution in [0.1, 0.15) is 28.5 Å². The summed E-state index contributed by atoms with van der Waals surface area (Å²) in [6.07, 6.45) is 0.308. The topological polar surface area (TPSA) is 109 Å². The first-order chi connectivity index (χ1) is 15.3. The monoisotopic (exact) mass is 470 g/mol. The molecule has 1 N–H and O–H groups in total. The van der Waals surface area contributed by atoms with E-state index in [0.29, 0.717) is 23.5 Å². The molecule has 1 saturated heterocycles. The molecule has 8 nitrogen and oxygen atoms in total. The van der Waals surface area contributed by atoms with Crippen molar-refractivity contribution in [2.45, 2.75) is 25.0 Å². The number of anilines is 2. The highest BCUT2D eigenvalue weighted by molar-refractivity contribution is 7.91. The average Bonchev–Trinajstić information content (AvgIpc) is 3.35. The molecule has 0 bridgehead atoms. The van der Waals surface area contributed by atoms with Crippen molar-refractivity contribution in [2.24, 2.45) is 0 Å². The SMILES string of the molecule is Cc1ccccc1N1C[C@H](c2nnc(NC(=O)CS(=O)(=O)Cc3ccccc3)s2)CC1=O. The first kappa shape index (κ1) is 22.1. The van der Waals surface area contributed by atoms with Gasteiger partial charge in [0.25, 0.3) is 0 Å². The van der Waals surface area contributed by atoms with Crippen LogP contribution in [0.25, 0.3) is 0 Å². The molecule has 0 aliphatic carbocycles. The van der Waals surface area contributed by atoms with Gasteiger partial charge in [0.2, 0.25) is 16.9 Å². The number of hydrogen-bond donors (Lipinski definition) is 1. The van der Waals surface area contributed by atoms with Crippen molar-refractivity contribution in [3.05, 3.63) is 70.7 Å². The fraction of sp³-hybridized carbons (Fsp3) is 0.273. The van der Waals surface area contributed by atoms with Crippen molar-refractivity contribution in [2.75, 3.05) is 22.5 Å². The summed E-state index contributed by atoms with van der Waals surface area (Å²) in [5, 5.41) is 11.5. The van der Waals surface area contributed by atoms with Crippen LogP contribution in [0.3, 0.4) is 0 Å². The lowest BCUT2D eigenvalue weighted by Gasteiger charge is -2.18. The number of amides is 2. The number of benzene rings is 2. The highest BCUT2D eigenvalue weighted by atomic mass is 32.2. The Morgan fingerprint density at radius 1 is 1.12 bits per heavy atom. The van der Waals surface area contributed by atoms with Crippen molar-refractivity contribution in [3.8, 4) is 0 Å². The number of nitrogens with one attached hydrogen (secondary N) is 1. The van der Waals surface area contributed by atoms with E-state index in [-0.39, 0.29) is 22.7 Å². The summed E-state index contributed by atoms with van der Waals surface area (Å²) in [6, 6.07) is 16.4. The molecule has 1 fully saturated rings. The molecule has 1 aromatic heterocycles. The Labute approximate surface area is 190 Å². The summed E-state index contributed by atoms with van der Waals surface area (Å²) in [4.78, 5) is 26.6. The quantitative estimate of drug-likeness (QED) is 0.569. The molecule has 0 saturated carbocycles. The Hall–Kier alpha value is -3.11. The van der Waals surface area contributed by atoms with Crippen LogP contribution in [0.4, 0.5) is 10.8 Å². The van der Waals surface area contributed by atoms with Gasteiger partial charge in [0.1, 0.15) is 10.8 Å². The summed E-state index contributed by atoms with van der Waals surface area (Å²) in [5.41, 5.74) is 2.52. The van der Waals surface area contributed by atoms with E-state index in [9.17, 15) is 18.0 Å². The van der Waals surface area contributed by atoms with E-state index in [1.165, 1.54) is 0 Å². The Morgan fingerprint density at radius 3 is 2.59 bits per heavy atom. The van der Waals surface area contributed by atoms with Gasteiger partial charge in [-0.15, -0.1) is 10.2 Å². The van der Waals surface area contributed by atoms with E-state index in [2.05, 4.69) is 15.5 Å². The number of nitrogens with zero attached hydrogens (tertiary/aromatic N) is 3. The van der Waals surface area contributed by atoms with Gasteiger partial charge in [-0.2, -0.15) is 0 Å². The third-order valence-electron chi connectivity index (χ3n) is 5.15. The smallest absolute Gasteiger partial charge is 0.241 e. The second kappa shape index (κ2) is 9.17. The molecule has 1 aliphatic heterocycles. The van der Waals surface area contributed by atoms with Crippen LogP contribution in [0.15, 0.2) is 54.6 Å². The lowest BCUT2D eigenvalue weighted by Crippen LogP contribution is -2.25. The van der Waals surface area contributed by atoms with Crippen LogP contribution in [-0.4, -0.2) is 42.7 Å². The molecule has 3 aromatic rings. The van der Waals surface area contributed by atoms with Crippen LogP contribution < -0.4 is 10.2 Å². The minimum absolute atomic E-state index is 0.0112. The maximum absolute atomic E-state index is 12.5. The minimum atomic E-state index is -3.62. The number of carbonyl (C=O) groups excluding carboxylic acids is 2. The second-order valence-corrected chi connectivity index (χ2v) is 10.8. The molecule has 166 valence electrons. The molecule has 0 unspecified atom stereocenters. The summed E-state index contributed by atoms with van der Waals surface area (Å²) < 4.78 is 24.6. The lowest BCUT2D eigenvalue weighted by atomic mass is 10.1. The number of rotatable bonds is 7. The molecular weight excluding hydrogens is 448 g/mol. The Kier molecular flexibility index (Phi) is 6.33. The van der Waals surface area contributed by atoms with E-state index in [4.69, 9.17) is 0 Å². The Morgan fingerprint density at radius 2 is 1.84 bits per heavy atom. The number of aryl methyl sites for hydroxylation is 1. The van der Waals surface area contributed by atoms with Crippen molar-refractivity contribution in [3.63, 3.8) is 0 Å². The van der Waals surface area contributed by atoms with Crippen LogP contribution in [0.2, 0.25) is 0 Å². The first-order valence-corrected chi connectivity index (χ1v) is 12.7. The van der Waals surface area contributed by atoms with Crippen LogP contribution >= 0.6 is 11.3 Å². The molecule has 0 spiro atoms. The zero-order valence-corrected chi connectivity index (χ0v) is 19.0. The van der Waals surface area contributed by atoms with Gasteiger partial charge in [-0.1, -0.05) is 59.9 Å². The predicted octanol–water partition coefficient (Wildman–Crippen LogP) is 2.92. The van der Waals surface area contributed by atoms with Gasteiger partial charge in [-0.05, 0) is 24.1 Å². The van der Waals surface area contributed by atoms with Crippen molar-refractivity contribution in [1.82, 2.24) is 10.2 Å². The van der Waals surface area contributed by atoms with Gasteiger partial charge in [0, 0.05) is 24.6 Å². The third-order valence-corrected chi connectivity index (χ3v) is 7.62. The molecule has 4 rings (SSSR count). The number of aromatic nitrogens is 2. The highest BCUT2D eigenvalue weighted by Crippen LogP contribution is 2.35. The van der Waals surface area contributed by atoms with Crippen LogP contribution in [0.5, 0.6) is 0 Å². The van der Waals surface area contributed by atoms with E-state index in [1.54, 1.807) is 35.2 Å². The van der Waals surface area contributed by atoms with Crippen molar-refractivity contribution < 1.29 is 18.0 Å². The van der Waals surface area contributed by atoms with Crippen LogP contribution in [0, 0.1) is 6.92 Å². The van der Waals surface area contributed by atoms with E-state index >= 15 is 0 Å². The fourth-order valence-electron chi connectivity index (χ4n) is 3.66. The van der Waals surface area contributed by atoms with Gasteiger partial charge in [0.05, 0.1) is 5.75 Å². The minimum Gasteiger partial charge on any atom is -0.311 e. The van der Waals surface area contributed by atoms with Gasteiger partial charge in [-0.25, -0.2) is 8.42 Å². The van der Waals surface area contributed by atoms with E-state index in [0.717, 1.165) is 22.6 Å². The number of carbonyl (C=O) groups is 2. The second-order valence-electron chi connectivity index (χ2n) is 7.70. The zero-order valence-electron chi connectivity index (χ0n) is 17.4. The zero-order chi connectivity index (χ0) is 22.7. The summed E-state index contributed by atoms with van der Waals surface area (Å²) in [7, 11) is -3.62. The van der Waals surface area contributed by atoms with Crippen molar-refractivity contribution in [1.29, 1.82) is 0 Å². The van der Waals surface area contributed by atoms with Gasteiger partial charge in [-0.3, -0.25) is 14.9 Å². The van der Waals surface area contributed by atoms with Gasteiger partial charge >= 0.3 is 0 Å². The predicted molar refractivity (Wildman–Crippen MR) is 123 cm³/mol. The normalized spacial score (nSPS) is 16.3. The van der Waals surface area contributed by atoms with Gasteiger partial charge in [0.15, 0.2) is 9.84 Å². The molecule has 2 heterocycles. The number of para-hydroxylation sites is 1. The highest BCUT2D eigenvalue weighted by Gasteiger charge is 2.34. The average molecular weight is 471 g/mol. The molecule has 10 heteroatoms. The molecule has 32 heavy (non-hydrogen) atoms. The van der Waals surface area contributed by atoms with E-state index < -0.39 is 21.5 Å². The molecule has 1 aliphatic rings. The summed E-state index contributed by atoms with van der Waals surface area (Å²) in [5.74, 6) is -1.63. The van der Waals surface area contributed by atoms with E-state index in [1.807, 2.05) is 31.2 Å². The van der Waals surface area contributed by atoms with Crippen LogP contribution in [-0.2, 0) is 25.2 Å². The fourth-order valence-corrected chi connectivity index (χ4v) is 5.78. The molecule has 2 aromatic carbocycles. The molecule has 2 amide bonds. The standard InChI is InChI=1S/C22H22N4O4S2/c1-15-7-5-6-10-18(15)26-12-17(11-20(26)28)21-24-25-22(31-21)23-19(27)14-32(29,30)13-16-8-3-2-4-9-16/h2-10,17H,11-14H2,1H3,(H,23,25,27)/t17-/m1/s1. The lowest BCUT2D eigenvalue weighted by molar-refractivity contribution is -0.117. The maximum atomic E-state index is 12.5. The largest absolute Gasteiger partial charge is 0.311 e. The third kappa shape index (κ3) is 5.20. The Bertz CT molecular complexity index is 1240. The molecule has 1 atom stereocenters. The Balaban J connectivity index is 1.37. The number of hydrogen-bond acceptors (Lipinski definition) is 7. The number of sulfone groups is 1. The maximum Gasteiger partial charge on any atom is 0.241 e. The van der Waals surface area contributed by atoms with Crippen molar-refractivity contribution >= 4 is 43.8 Å². The summed E-state index contributed by atoms with van der Waals surface area (Å²) in [6.45, 7) is 2.44. The molecule has 0 radical (unpaired) electrons. The molecular formula is C22H22N4O4S2. The summed E-state index contributed by atoms with van der Waals surface area (Å²) >= 11 is 1.16.